The zero-order chi connectivity index (χ0) is 14.2. The molecule has 1 aromatic heterocycles. The Kier molecular flexibility index (Phi) is 3.74. The molecule has 3 heteroatoms. The van der Waals surface area contributed by atoms with Crippen molar-refractivity contribution in [3.8, 4) is 0 Å². The predicted molar refractivity (Wildman–Crippen MR) is 90.8 cm³/mol. The lowest BCUT2D eigenvalue weighted by atomic mass is 10.1. The molecule has 2 nitrogen and oxygen atoms in total. The van der Waals surface area contributed by atoms with Gasteiger partial charge >= 0.3 is 0 Å². The maximum absolute atomic E-state index is 3.78. The van der Waals surface area contributed by atoms with Gasteiger partial charge in [-0.3, -0.25) is 4.90 Å². The van der Waals surface area contributed by atoms with Gasteiger partial charge in [0.2, 0.25) is 0 Å². The Hall–Kier alpha value is -0.900. The monoisotopic (exact) mass is 300 g/mol. The highest BCUT2D eigenvalue weighted by molar-refractivity contribution is 7.17. The van der Waals surface area contributed by atoms with E-state index in [2.05, 4.69) is 46.8 Å². The Morgan fingerprint density at radius 1 is 1.24 bits per heavy atom. The first-order chi connectivity index (χ1) is 10.3. The number of fused-ring (bicyclic) bond motifs is 1. The summed E-state index contributed by atoms with van der Waals surface area (Å²) < 4.78 is 1.42. The first-order valence-corrected chi connectivity index (χ1v) is 9.12. The predicted octanol–water partition coefficient (Wildman–Crippen LogP) is 3.86. The molecule has 1 aliphatic carbocycles. The fourth-order valence-electron chi connectivity index (χ4n) is 3.57. The van der Waals surface area contributed by atoms with Crippen LogP contribution in [0, 0.1) is 5.92 Å². The minimum Gasteiger partial charge on any atom is -0.312 e. The van der Waals surface area contributed by atoms with E-state index in [1.54, 1.807) is 0 Å². The molecule has 1 saturated carbocycles. The number of benzene rings is 1. The quantitative estimate of drug-likeness (QED) is 0.926. The van der Waals surface area contributed by atoms with Gasteiger partial charge < -0.3 is 5.32 Å². The molecule has 0 spiro atoms. The molecule has 21 heavy (non-hydrogen) atoms. The lowest BCUT2D eigenvalue weighted by molar-refractivity contribution is 0.191. The third-order valence-corrected chi connectivity index (χ3v) is 6.16. The van der Waals surface area contributed by atoms with E-state index >= 15 is 0 Å². The van der Waals surface area contributed by atoms with Crippen molar-refractivity contribution in [2.75, 3.05) is 13.1 Å². The van der Waals surface area contributed by atoms with Crippen LogP contribution in [0.1, 0.15) is 31.7 Å². The molecule has 2 atom stereocenters. The molecule has 4 rings (SSSR count). The summed E-state index contributed by atoms with van der Waals surface area (Å²) in [5, 5.41) is 7.60. The van der Waals surface area contributed by atoms with Gasteiger partial charge in [-0.05, 0) is 61.0 Å². The highest BCUT2D eigenvalue weighted by atomic mass is 32.1. The fraction of sp³-hybridized carbons (Fsp3) is 0.556. The topological polar surface area (TPSA) is 15.3 Å². The normalized spacial score (nSPS) is 27.9. The number of hydrogen-bond acceptors (Lipinski definition) is 3. The van der Waals surface area contributed by atoms with Crippen molar-refractivity contribution in [2.45, 2.75) is 44.8 Å². The molecule has 1 aliphatic heterocycles. The summed E-state index contributed by atoms with van der Waals surface area (Å²) in [4.78, 5) is 2.71. The Morgan fingerprint density at radius 3 is 2.95 bits per heavy atom. The number of nitrogens with one attached hydrogen (secondary N) is 1. The maximum atomic E-state index is 3.78. The van der Waals surface area contributed by atoms with Gasteiger partial charge in [0.25, 0.3) is 0 Å². The second-order valence-corrected chi connectivity index (χ2v) is 7.63. The van der Waals surface area contributed by atoms with Gasteiger partial charge in [0.05, 0.1) is 0 Å². The van der Waals surface area contributed by atoms with E-state index in [1.807, 2.05) is 11.3 Å². The van der Waals surface area contributed by atoms with E-state index in [1.165, 1.54) is 48.0 Å². The Bertz CT molecular complexity index is 616. The van der Waals surface area contributed by atoms with Gasteiger partial charge in [0.15, 0.2) is 0 Å². The summed E-state index contributed by atoms with van der Waals surface area (Å²) in [7, 11) is 0. The number of nitrogens with zero attached hydrogens (tertiary/aromatic N) is 1. The average Bonchev–Trinajstić information content (AvgIpc) is 3.28. The minimum atomic E-state index is 0.680. The molecule has 2 fully saturated rings. The zero-order valence-electron chi connectivity index (χ0n) is 12.7. The number of rotatable bonds is 3. The third-order valence-electron chi connectivity index (χ3n) is 5.15. The van der Waals surface area contributed by atoms with Crippen LogP contribution >= 0.6 is 11.3 Å². The molecule has 2 heterocycles. The van der Waals surface area contributed by atoms with E-state index in [9.17, 15) is 0 Å². The third kappa shape index (κ3) is 2.87. The Labute approximate surface area is 131 Å². The lowest BCUT2D eigenvalue weighted by Crippen LogP contribution is -2.40. The van der Waals surface area contributed by atoms with Crippen LogP contribution in [0.25, 0.3) is 10.1 Å². The largest absolute Gasteiger partial charge is 0.312 e. The SMILES string of the molecule is CC1CCNC(C2CC2)CN1Cc1csc2ccccc12. The smallest absolute Gasteiger partial charge is 0.0346 e. The first-order valence-electron chi connectivity index (χ1n) is 8.24. The minimum absolute atomic E-state index is 0.680. The van der Waals surface area contributed by atoms with E-state index in [4.69, 9.17) is 0 Å². The van der Waals surface area contributed by atoms with Crippen LogP contribution in [0.15, 0.2) is 29.6 Å². The fourth-order valence-corrected chi connectivity index (χ4v) is 4.52. The van der Waals surface area contributed by atoms with Gasteiger partial charge in [0.1, 0.15) is 0 Å². The molecule has 112 valence electrons. The lowest BCUT2D eigenvalue weighted by Gasteiger charge is -2.29. The van der Waals surface area contributed by atoms with Crippen molar-refractivity contribution >= 4 is 21.4 Å². The second-order valence-electron chi connectivity index (χ2n) is 6.72. The summed E-state index contributed by atoms with van der Waals surface area (Å²) >= 11 is 1.89. The Morgan fingerprint density at radius 2 is 2.10 bits per heavy atom. The van der Waals surface area contributed by atoms with E-state index in [0.717, 1.165) is 18.5 Å². The highest BCUT2D eigenvalue weighted by Gasteiger charge is 2.34. The molecule has 0 amide bonds. The summed E-state index contributed by atoms with van der Waals surface area (Å²) in [6.45, 7) is 5.90. The van der Waals surface area contributed by atoms with Crippen LogP contribution < -0.4 is 5.32 Å². The van der Waals surface area contributed by atoms with Crippen LogP contribution in [-0.4, -0.2) is 30.1 Å². The average molecular weight is 300 g/mol. The van der Waals surface area contributed by atoms with Crippen molar-refractivity contribution in [1.29, 1.82) is 0 Å². The van der Waals surface area contributed by atoms with Crippen LogP contribution in [0.4, 0.5) is 0 Å². The standard InChI is InChI=1S/C18H24N2S/c1-13-8-9-19-17(14-6-7-14)11-20(13)10-15-12-21-18-5-3-2-4-16(15)18/h2-5,12-14,17,19H,6-11H2,1H3. The van der Waals surface area contributed by atoms with Crippen molar-refractivity contribution in [2.24, 2.45) is 5.92 Å². The Balaban J connectivity index is 1.55. The molecule has 1 aromatic carbocycles. The molecule has 2 aromatic rings. The summed E-state index contributed by atoms with van der Waals surface area (Å²) in [6, 6.07) is 10.2. The van der Waals surface area contributed by atoms with E-state index < -0.39 is 0 Å². The summed E-state index contributed by atoms with van der Waals surface area (Å²) in [5.74, 6) is 0.942. The molecular formula is C18H24N2S. The number of hydrogen-bond donors (Lipinski definition) is 1. The van der Waals surface area contributed by atoms with Crippen molar-refractivity contribution < 1.29 is 0 Å². The van der Waals surface area contributed by atoms with Gasteiger partial charge in [-0.1, -0.05) is 18.2 Å². The van der Waals surface area contributed by atoms with Gasteiger partial charge in [-0.15, -0.1) is 11.3 Å². The van der Waals surface area contributed by atoms with E-state index in [0.29, 0.717) is 6.04 Å². The van der Waals surface area contributed by atoms with Crippen molar-refractivity contribution in [1.82, 2.24) is 10.2 Å². The maximum Gasteiger partial charge on any atom is 0.0346 e. The van der Waals surface area contributed by atoms with Crippen LogP contribution in [0.5, 0.6) is 0 Å². The second kappa shape index (κ2) is 5.71. The first kappa shape index (κ1) is 13.7. The molecular weight excluding hydrogens is 276 g/mol. The van der Waals surface area contributed by atoms with Crippen molar-refractivity contribution in [3.05, 3.63) is 35.2 Å². The van der Waals surface area contributed by atoms with Crippen LogP contribution in [0.3, 0.4) is 0 Å². The van der Waals surface area contributed by atoms with Gasteiger partial charge in [-0.25, -0.2) is 0 Å². The molecule has 2 unspecified atom stereocenters. The summed E-state index contributed by atoms with van der Waals surface area (Å²) in [5.41, 5.74) is 1.51. The molecule has 1 saturated heterocycles. The molecule has 1 N–H and O–H groups in total. The van der Waals surface area contributed by atoms with Gasteiger partial charge in [-0.2, -0.15) is 0 Å². The molecule has 2 aliphatic rings. The highest BCUT2D eigenvalue weighted by Crippen LogP contribution is 2.35. The van der Waals surface area contributed by atoms with Crippen molar-refractivity contribution in [3.63, 3.8) is 0 Å². The summed E-state index contributed by atoms with van der Waals surface area (Å²) in [6.07, 6.45) is 4.13. The number of thiophene rings is 1. The van der Waals surface area contributed by atoms with Gasteiger partial charge in [0, 0.05) is 29.9 Å². The van der Waals surface area contributed by atoms with E-state index in [-0.39, 0.29) is 0 Å². The van der Waals surface area contributed by atoms with Crippen LogP contribution in [0.2, 0.25) is 0 Å². The zero-order valence-corrected chi connectivity index (χ0v) is 13.5. The van der Waals surface area contributed by atoms with Crippen LogP contribution in [-0.2, 0) is 6.54 Å². The molecule has 0 bridgehead atoms. The molecule has 0 radical (unpaired) electrons.